The first-order valence-corrected chi connectivity index (χ1v) is 13.0. The van der Waals surface area contributed by atoms with Gasteiger partial charge >= 0.3 is 0 Å². The lowest BCUT2D eigenvalue weighted by Gasteiger charge is -2.18. The summed E-state index contributed by atoms with van der Waals surface area (Å²) < 4.78 is 28.6. The molecule has 1 aromatic carbocycles. The molecule has 184 valence electrons. The van der Waals surface area contributed by atoms with Gasteiger partial charge in [0.25, 0.3) is 11.8 Å². The van der Waals surface area contributed by atoms with Crippen LogP contribution in [-0.4, -0.2) is 67.3 Å². The Hall–Kier alpha value is -3.74. The topological polar surface area (TPSA) is 168 Å². The number of hydrogen-bond donors (Lipinski definition) is 4. The summed E-state index contributed by atoms with van der Waals surface area (Å²) in [5.74, 6) is -0.848. The number of benzene rings is 1. The van der Waals surface area contributed by atoms with E-state index in [0.29, 0.717) is 29.2 Å². The van der Waals surface area contributed by atoms with Gasteiger partial charge in [0, 0.05) is 19.6 Å². The van der Waals surface area contributed by atoms with Crippen LogP contribution >= 0.6 is 0 Å². The van der Waals surface area contributed by atoms with Gasteiger partial charge in [-0.1, -0.05) is 6.07 Å². The molecule has 0 aliphatic carbocycles. The lowest BCUT2D eigenvalue weighted by Crippen LogP contribution is -2.34. The van der Waals surface area contributed by atoms with Gasteiger partial charge in [0.2, 0.25) is 5.91 Å². The van der Waals surface area contributed by atoms with Crippen molar-refractivity contribution in [3.63, 3.8) is 0 Å². The first kappa shape index (κ1) is 23.0. The molecule has 12 nitrogen and oxygen atoms in total. The van der Waals surface area contributed by atoms with Crippen molar-refractivity contribution in [2.45, 2.75) is 18.9 Å². The molecule has 35 heavy (non-hydrogen) atoms. The molecule has 2 atom stereocenters. The van der Waals surface area contributed by atoms with Crippen LogP contribution in [0.4, 0.5) is 11.4 Å². The smallest absolute Gasteiger partial charge is 0.272 e. The van der Waals surface area contributed by atoms with Crippen LogP contribution in [0.5, 0.6) is 5.75 Å². The number of fused-ring (bicyclic) bond motifs is 2. The predicted molar refractivity (Wildman–Crippen MR) is 125 cm³/mol. The zero-order valence-electron chi connectivity index (χ0n) is 18.7. The Morgan fingerprint density at radius 3 is 2.86 bits per heavy atom. The number of anilines is 2. The molecule has 2 aromatic rings. The molecule has 3 aliphatic heterocycles. The van der Waals surface area contributed by atoms with Gasteiger partial charge in [-0.15, -0.1) is 0 Å². The van der Waals surface area contributed by atoms with E-state index in [-0.39, 0.29) is 61.2 Å². The lowest BCUT2D eigenvalue weighted by molar-refractivity contribution is -0.122. The van der Waals surface area contributed by atoms with E-state index in [1.54, 1.807) is 18.2 Å². The average molecular weight is 501 g/mol. The van der Waals surface area contributed by atoms with E-state index in [2.05, 4.69) is 31.2 Å². The van der Waals surface area contributed by atoms with Crippen LogP contribution in [0.15, 0.2) is 24.5 Å². The minimum atomic E-state index is -3.01. The molecule has 1 aromatic heterocycles. The molecule has 1 fully saturated rings. The fourth-order valence-electron chi connectivity index (χ4n) is 4.43. The molecule has 3 amide bonds. The van der Waals surface area contributed by atoms with Crippen molar-refractivity contribution in [2.75, 3.05) is 41.8 Å². The molecule has 0 radical (unpaired) electrons. The van der Waals surface area contributed by atoms with Gasteiger partial charge in [-0.25, -0.2) is 18.4 Å². The normalized spacial score (nSPS) is 21.7. The summed E-state index contributed by atoms with van der Waals surface area (Å²) in [5, 5.41) is 11.4. The van der Waals surface area contributed by atoms with Crippen LogP contribution in [-0.2, 0) is 26.0 Å². The number of carbonyl (C=O) groups excluding carboxylic acids is 3. The van der Waals surface area contributed by atoms with Crippen molar-refractivity contribution < 1.29 is 27.5 Å². The minimum absolute atomic E-state index is 0.0313. The first-order valence-electron chi connectivity index (χ1n) is 11.2. The zero-order chi connectivity index (χ0) is 24.6. The number of aromatic nitrogens is 2. The van der Waals surface area contributed by atoms with Gasteiger partial charge in [-0.2, -0.15) is 0 Å². The Balaban J connectivity index is 1.22. The number of amides is 3. The van der Waals surface area contributed by atoms with E-state index in [4.69, 9.17) is 4.74 Å². The summed E-state index contributed by atoms with van der Waals surface area (Å²) in [6, 6.07) is 5.24. The molecule has 4 N–H and O–H groups in total. The summed E-state index contributed by atoms with van der Waals surface area (Å²) in [6.07, 6.45) is 1.79. The maximum atomic E-state index is 12.9. The Bertz CT molecular complexity index is 1310. The number of carbonyl (C=O) groups is 3. The quantitative estimate of drug-likeness (QED) is 0.420. The van der Waals surface area contributed by atoms with Crippen molar-refractivity contribution in [1.29, 1.82) is 0 Å². The van der Waals surface area contributed by atoms with Crippen LogP contribution in [0.3, 0.4) is 0 Å². The number of ether oxygens (including phenoxy) is 1. The third-order valence-electron chi connectivity index (χ3n) is 6.24. The Kier molecular flexibility index (Phi) is 6.01. The Labute approximate surface area is 201 Å². The average Bonchev–Trinajstić information content (AvgIpc) is 3.43. The maximum absolute atomic E-state index is 12.9. The van der Waals surface area contributed by atoms with E-state index < -0.39 is 21.7 Å². The monoisotopic (exact) mass is 500 g/mol. The Morgan fingerprint density at radius 2 is 2.06 bits per heavy atom. The van der Waals surface area contributed by atoms with Gasteiger partial charge in [-0.3, -0.25) is 14.4 Å². The van der Waals surface area contributed by atoms with Gasteiger partial charge in [-0.05, 0) is 30.0 Å². The summed E-state index contributed by atoms with van der Waals surface area (Å²) in [5.41, 5.74) is 2.26. The largest absolute Gasteiger partial charge is 0.482 e. The van der Waals surface area contributed by atoms with Gasteiger partial charge < -0.3 is 26.0 Å². The van der Waals surface area contributed by atoms with Crippen LogP contribution in [0, 0.1) is 5.92 Å². The molecular formula is C22H24N6O6S. The fourth-order valence-corrected chi connectivity index (χ4v) is 6.30. The molecule has 2 unspecified atom stereocenters. The summed E-state index contributed by atoms with van der Waals surface area (Å²) >= 11 is 0. The highest BCUT2D eigenvalue weighted by molar-refractivity contribution is 7.91. The number of nitrogens with zero attached hydrogens (tertiary/aromatic N) is 2. The van der Waals surface area contributed by atoms with Crippen molar-refractivity contribution in [2.24, 2.45) is 5.92 Å². The van der Waals surface area contributed by atoms with Gasteiger partial charge in [0.1, 0.15) is 12.1 Å². The van der Waals surface area contributed by atoms with Crippen LogP contribution in [0.25, 0.3) is 0 Å². The van der Waals surface area contributed by atoms with E-state index in [9.17, 15) is 22.8 Å². The molecular weight excluding hydrogens is 476 g/mol. The van der Waals surface area contributed by atoms with Crippen LogP contribution < -0.4 is 26.0 Å². The van der Waals surface area contributed by atoms with E-state index in [0.717, 1.165) is 5.56 Å². The second kappa shape index (κ2) is 9.13. The highest BCUT2D eigenvalue weighted by Crippen LogP contribution is 2.32. The van der Waals surface area contributed by atoms with Gasteiger partial charge in [0.05, 0.1) is 34.5 Å². The highest BCUT2D eigenvalue weighted by atomic mass is 32.2. The Morgan fingerprint density at radius 1 is 1.20 bits per heavy atom. The van der Waals surface area contributed by atoms with Crippen molar-refractivity contribution in [3.05, 3.63) is 41.5 Å². The fraction of sp³-hybridized carbons (Fsp3) is 0.409. The summed E-state index contributed by atoms with van der Waals surface area (Å²) in [7, 11) is -3.01. The minimum Gasteiger partial charge on any atom is -0.482 e. The highest BCUT2D eigenvalue weighted by Gasteiger charge is 2.35. The molecule has 0 bridgehead atoms. The second-order valence-electron chi connectivity index (χ2n) is 8.78. The lowest BCUT2D eigenvalue weighted by atomic mass is 10.0. The van der Waals surface area contributed by atoms with E-state index in [1.165, 1.54) is 6.33 Å². The molecule has 0 saturated carbocycles. The third kappa shape index (κ3) is 4.90. The number of hydrogen-bond acceptors (Lipinski definition) is 9. The second-order valence-corrected chi connectivity index (χ2v) is 11.0. The molecule has 3 aliphatic rings. The first-order chi connectivity index (χ1) is 16.8. The molecule has 13 heteroatoms. The van der Waals surface area contributed by atoms with E-state index in [1.807, 2.05) is 0 Å². The van der Waals surface area contributed by atoms with Crippen molar-refractivity contribution >= 4 is 38.9 Å². The summed E-state index contributed by atoms with van der Waals surface area (Å²) in [6.45, 7) is 0.702. The number of nitrogens with one attached hydrogen (secondary N) is 4. The SMILES string of the molecule is O=C1COc2ccc(CNC(=O)c3ncnc4c3NCC4C(=O)NCC3CCS(=O)(=O)C3)cc2N1. The van der Waals surface area contributed by atoms with Crippen LogP contribution in [0.1, 0.15) is 34.1 Å². The third-order valence-corrected chi connectivity index (χ3v) is 8.08. The summed E-state index contributed by atoms with van der Waals surface area (Å²) in [4.78, 5) is 45.5. The molecule has 0 spiro atoms. The zero-order valence-corrected chi connectivity index (χ0v) is 19.5. The van der Waals surface area contributed by atoms with Gasteiger partial charge in [0.15, 0.2) is 22.1 Å². The predicted octanol–water partition coefficient (Wildman–Crippen LogP) is -0.202. The van der Waals surface area contributed by atoms with Crippen molar-refractivity contribution in [3.8, 4) is 5.75 Å². The number of sulfone groups is 1. The van der Waals surface area contributed by atoms with Crippen molar-refractivity contribution in [1.82, 2.24) is 20.6 Å². The molecule has 1 saturated heterocycles. The maximum Gasteiger partial charge on any atom is 0.272 e. The van der Waals surface area contributed by atoms with Crippen LogP contribution in [0.2, 0.25) is 0 Å². The number of rotatable bonds is 6. The standard InChI is InChI=1S/C22H24N6O6S/c29-17-9-34-16-2-1-12(5-15(16)28-17)6-25-22(31)20-19-18(26-11-27-20)14(8-23-19)21(30)24-7-13-3-4-35(32,33)10-13/h1-2,5,11,13-14,23H,3-4,6-10H2,(H,24,30)(H,25,31)(H,28,29). The molecule has 4 heterocycles. The molecule has 5 rings (SSSR count). The van der Waals surface area contributed by atoms with E-state index >= 15 is 0 Å².